The summed E-state index contributed by atoms with van der Waals surface area (Å²) < 4.78 is 13.3. The summed E-state index contributed by atoms with van der Waals surface area (Å²) in [5, 5.41) is 0. The summed E-state index contributed by atoms with van der Waals surface area (Å²) >= 11 is 0. The second kappa shape index (κ2) is 10.2. The highest BCUT2D eigenvalue weighted by atomic mass is 16.5. The normalized spacial score (nSPS) is 14.1. The van der Waals surface area contributed by atoms with Gasteiger partial charge in [-0.3, -0.25) is 0 Å². The maximum absolute atomic E-state index is 5.71. The van der Waals surface area contributed by atoms with Gasteiger partial charge in [-0.1, -0.05) is 19.9 Å². The lowest BCUT2D eigenvalue weighted by Crippen LogP contribution is -2.37. The fourth-order valence-corrected chi connectivity index (χ4v) is 3.97. The molecule has 5 heterocycles. The van der Waals surface area contributed by atoms with E-state index in [1.54, 1.807) is 0 Å². The first-order chi connectivity index (χ1) is 16.6. The third-order valence-corrected chi connectivity index (χ3v) is 5.72. The molecule has 0 bridgehead atoms. The van der Waals surface area contributed by atoms with Crippen molar-refractivity contribution < 1.29 is 9.47 Å². The Balaban J connectivity index is 1.39. The molecule has 0 amide bonds. The van der Waals surface area contributed by atoms with Crippen LogP contribution in [0.5, 0.6) is 5.88 Å². The highest BCUT2D eigenvalue weighted by molar-refractivity contribution is 5.45. The SMILES string of the molecule is CC(C)COc1ccc(Cc2nc(Cc3ccn4ccnc4c3)cc(N3CCOCC3)n2)cn1. The topological polar surface area (TPSA) is 77.7 Å². The van der Waals surface area contributed by atoms with Gasteiger partial charge in [0.15, 0.2) is 0 Å². The number of anilines is 1. The number of imidazole rings is 1. The molecule has 0 aliphatic carbocycles. The average molecular weight is 459 g/mol. The standard InChI is InChI=1S/C26H30N6O2/c1-19(2)18-34-26-4-3-21(17-28-26)14-23-29-22(16-25(30-23)32-9-11-33-12-10-32)13-20-5-7-31-8-6-27-24(31)15-20/h3-8,15-17,19H,9-14,18H2,1-2H3. The molecule has 5 rings (SSSR count). The Morgan fingerprint density at radius 1 is 0.971 bits per heavy atom. The molecule has 8 heteroatoms. The van der Waals surface area contributed by atoms with Crippen LogP contribution in [0, 0.1) is 5.92 Å². The predicted molar refractivity (Wildman–Crippen MR) is 130 cm³/mol. The van der Waals surface area contributed by atoms with E-state index >= 15 is 0 Å². The van der Waals surface area contributed by atoms with Gasteiger partial charge in [0.2, 0.25) is 5.88 Å². The number of rotatable bonds is 8. The van der Waals surface area contributed by atoms with Crippen molar-refractivity contribution in [2.75, 3.05) is 37.8 Å². The molecule has 1 fully saturated rings. The summed E-state index contributed by atoms with van der Waals surface area (Å²) in [7, 11) is 0. The molecule has 176 valence electrons. The molecule has 0 radical (unpaired) electrons. The first kappa shape index (κ1) is 22.3. The van der Waals surface area contributed by atoms with E-state index in [0.717, 1.165) is 48.1 Å². The van der Waals surface area contributed by atoms with Crippen LogP contribution in [0.2, 0.25) is 0 Å². The third kappa shape index (κ3) is 5.51. The van der Waals surface area contributed by atoms with Crippen LogP contribution in [0.15, 0.2) is 55.1 Å². The molecular weight excluding hydrogens is 428 g/mol. The number of pyridine rings is 2. The number of hydrogen-bond donors (Lipinski definition) is 0. The van der Waals surface area contributed by atoms with E-state index in [-0.39, 0.29) is 0 Å². The minimum absolute atomic E-state index is 0.463. The van der Waals surface area contributed by atoms with Crippen molar-refractivity contribution in [3.05, 3.63) is 77.8 Å². The molecule has 0 atom stereocenters. The van der Waals surface area contributed by atoms with Gasteiger partial charge in [0.1, 0.15) is 17.3 Å². The van der Waals surface area contributed by atoms with E-state index in [2.05, 4.69) is 46.9 Å². The van der Waals surface area contributed by atoms with Gasteiger partial charge in [-0.25, -0.2) is 19.9 Å². The van der Waals surface area contributed by atoms with Crippen molar-refractivity contribution in [3.8, 4) is 5.88 Å². The molecule has 0 unspecified atom stereocenters. The van der Waals surface area contributed by atoms with Crippen LogP contribution in [0.3, 0.4) is 0 Å². The van der Waals surface area contributed by atoms with Crippen LogP contribution >= 0.6 is 0 Å². The summed E-state index contributed by atoms with van der Waals surface area (Å²) in [5.74, 6) is 2.86. The number of nitrogens with zero attached hydrogens (tertiary/aromatic N) is 6. The fraction of sp³-hybridized carbons (Fsp3) is 0.385. The van der Waals surface area contributed by atoms with Gasteiger partial charge in [0.25, 0.3) is 0 Å². The van der Waals surface area contributed by atoms with Crippen LogP contribution in [-0.2, 0) is 17.6 Å². The van der Waals surface area contributed by atoms with E-state index in [1.807, 2.05) is 41.3 Å². The van der Waals surface area contributed by atoms with Gasteiger partial charge >= 0.3 is 0 Å². The number of ether oxygens (including phenoxy) is 2. The molecule has 1 aliphatic rings. The van der Waals surface area contributed by atoms with E-state index in [9.17, 15) is 0 Å². The smallest absolute Gasteiger partial charge is 0.213 e. The van der Waals surface area contributed by atoms with E-state index in [1.165, 1.54) is 5.56 Å². The van der Waals surface area contributed by atoms with Crippen molar-refractivity contribution in [3.63, 3.8) is 0 Å². The largest absolute Gasteiger partial charge is 0.477 e. The first-order valence-corrected chi connectivity index (χ1v) is 11.8. The third-order valence-electron chi connectivity index (χ3n) is 5.72. The molecule has 1 saturated heterocycles. The molecule has 0 N–H and O–H groups in total. The number of hydrogen-bond acceptors (Lipinski definition) is 7. The monoisotopic (exact) mass is 458 g/mol. The molecule has 0 saturated carbocycles. The molecule has 4 aromatic rings. The van der Waals surface area contributed by atoms with Crippen molar-refractivity contribution >= 4 is 11.5 Å². The Morgan fingerprint density at radius 2 is 1.85 bits per heavy atom. The fourth-order valence-electron chi connectivity index (χ4n) is 3.97. The molecule has 0 aromatic carbocycles. The van der Waals surface area contributed by atoms with Gasteiger partial charge in [0, 0.05) is 62.9 Å². The Morgan fingerprint density at radius 3 is 2.65 bits per heavy atom. The molecule has 4 aromatic heterocycles. The Hall–Kier alpha value is -3.52. The minimum Gasteiger partial charge on any atom is -0.477 e. The van der Waals surface area contributed by atoms with E-state index in [0.29, 0.717) is 38.0 Å². The van der Waals surface area contributed by atoms with Gasteiger partial charge < -0.3 is 18.8 Å². The van der Waals surface area contributed by atoms with Crippen LogP contribution in [-0.4, -0.2) is 57.2 Å². The predicted octanol–water partition coefficient (Wildman–Crippen LogP) is 3.57. The van der Waals surface area contributed by atoms with Crippen molar-refractivity contribution in [2.45, 2.75) is 26.7 Å². The summed E-state index contributed by atoms with van der Waals surface area (Å²) in [6.07, 6.45) is 8.99. The second-order valence-corrected chi connectivity index (χ2v) is 9.02. The molecule has 0 spiro atoms. The highest BCUT2D eigenvalue weighted by Gasteiger charge is 2.16. The summed E-state index contributed by atoms with van der Waals surface area (Å²) in [6.45, 7) is 8.00. The molecule has 34 heavy (non-hydrogen) atoms. The summed E-state index contributed by atoms with van der Waals surface area (Å²) in [5.41, 5.74) is 4.16. The van der Waals surface area contributed by atoms with Crippen molar-refractivity contribution in [1.29, 1.82) is 0 Å². The van der Waals surface area contributed by atoms with Gasteiger partial charge in [-0.05, 0) is 29.2 Å². The summed E-state index contributed by atoms with van der Waals surface area (Å²) in [4.78, 5) is 21.0. The average Bonchev–Trinajstić information content (AvgIpc) is 3.32. The van der Waals surface area contributed by atoms with Crippen LogP contribution in [0.1, 0.15) is 36.5 Å². The maximum atomic E-state index is 5.71. The van der Waals surface area contributed by atoms with Crippen LogP contribution < -0.4 is 9.64 Å². The summed E-state index contributed by atoms with van der Waals surface area (Å²) in [6, 6.07) is 10.3. The molecule has 1 aliphatic heterocycles. The van der Waals surface area contributed by atoms with Crippen LogP contribution in [0.4, 0.5) is 5.82 Å². The number of aromatic nitrogens is 5. The lowest BCUT2D eigenvalue weighted by atomic mass is 10.1. The Kier molecular flexibility index (Phi) is 6.67. The Bertz CT molecular complexity index is 1230. The van der Waals surface area contributed by atoms with E-state index < -0.39 is 0 Å². The first-order valence-electron chi connectivity index (χ1n) is 11.8. The molecular formula is C26H30N6O2. The van der Waals surface area contributed by atoms with Crippen LogP contribution in [0.25, 0.3) is 5.65 Å². The van der Waals surface area contributed by atoms with E-state index in [4.69, 9.17) is 19.4 Å². The zero-order valence-electron chi connectivity index (χ0n) is 19.7. The number of morpholine rings is 1. The lowest BCUT2D eigenvalue weighted by molar-refractivity contribution is 0.122. The number of fused-ring (bicyclic) bond motifs is 1. The quantitative estimate of drug-likeness (QED) is 0.399. The lowest BCUT2D eigenvalue weighted by Gasteiger charge is -2.28. The van der Waals surface area contributed by atoms with Gasteiger partial charge in [0.05, 0.1) is 25.5 Å². The maximum Gasteiger partial charge on any atom is 0.213 e. The highest BCUT2D eigenvalue weighted by Crippen LogP contribution is 2.20. The zero-order valence-corrected chi connectivity index (χ0v) is 19.7. The Labute approximate surface area is 199 Å². The van der Waals surface area contributed by atoms with Gasteiger partial charge in [-0.15, -0.1) is 0 Å². The van der Waals surface area contributed by atoms with Crippen molar-refractivity contribution in [2.24, 2.45) is 5.92 Å². The molecule has 8 nitrogen and oxygen atoms in total. The minimum atomic E-state index is 0.463. The second-order valence-electron chi connectivity index (χ2n) is 9.02. The van der Waals surface area contributed by atoms with Gasteiger partial charge in [-0.2, -0.15) is 0 Å². The zero-order chi connectivity index (χ0) is 23.3. The van der Waals surface area contributed by atoms with Crippen molar-refractivity contribution in [1.82, 2.24) is 24.3 Å².